The van der Waals surface area contributed by atoms with Crippen LogP contribution in [0.2, 0.25) is 0 Å². The predicted molar refractivity (Wildman–Crippen MR) is 268 cm³/mol. The van der Waals surface area contributed by atoms with Gasteiger partial charge >= 0.3 is 0 Å². The highest BCUT2D eigenvalue weighted by Crippen LogP contribution is 2.38. The molecular weight excluding hydrogens is 1150 g/mol. The van der Waals surface area contributed by atoms with Gasteiger partial charge in [-0.25, -0.2) is 0 Å². The Balaban J connectivity index is 0.856. The molecule has 0 spiro atoms. The Bertz CT molecular complexity index is 2280. The van der Waals surface area contributed by atoms with Crippen molar-refractivity contribution in [3.05, 3.63) is 29.8 Å². The third-order valence-corrected chi connectivity index (χ3v) is 16.5. The molecule has 7 fully saturated rings. The van der Waals surface area contributed by atoms with Crippen molar-refractivity contribution in [2.75, 3.05) is 53.9 Å². The standard InChI is InChI=1S/C51H79NO33/c1-51(2)24(52-44(71)43(51)70)9-16-5-7-17(8-6-16)74-45-31(65)26(60)40(22(14-57)76-45)85-50-42(73-4)35(69)41(23(15-58)80-50)84-49-34(68)29(63)39(21(13-56)79-49)83-48-33(67)28(62)38(20(12-55)78-48)82-47-32(66)27(61)37(19(11-54)77-47)81-46-30(64)25(59)36(72-3)18(10-53)75-46/h5-8,18-42,45-50,53-69H,9-15H2,1-4H3,(H,52,71). The molecule has 34 heteroatoms. The third kappa shape index (κ3) is 13.8. The van der Waals surface area contributed by atoms with Crippen LogP contribution in [0.25, 0.3) is 0 Å². The van der Waals surface area contributed by atoms with E-state index in [1.807, 2.05) is 0 Å². The number of rotatable bonds is 22. The molecule has 0 saturated carbocycles. The smallest absolute Gasteiger partial charge is 0.288 e. The van der Waals surface area contributed by atoms with E-state index in [-0.39, 0.29) is 5.75 Å². The Labute approximate surface area is 484 Å². The molecule has 8 rings (SSSR count). The maximum absolute atomic E-state index is 12.3. The molecule has 31 unspecified atom stereocenters. The highest BCUT2D eigenvalue weighted by Gasteiger charge is 2.58. The van der Waals surface area contributed by atoms with Crippen LogP contribution in [0.5, 0.6) is 5.75 Å². The molecule has 1 amide bonds. The van der Waals surface area contributed by atoms with E-state index in [1.165, 1.54) is 19.2 Å². The van der Waals surface area contributed by atoms with Gasteiger partial charge in [-0.15, -0.1) is 0 Å². The minimum atomic E-state index is -2.17. The van der Waals surface area contributed by atoms with E-state index < -0.39 is 247 Å². The Morgan fingerprint density at radius 1 is 0.400 bits per heavy atom. The summed E-state index contributed by atoms with van der Waals surface area (Å²) in [5, 5.41) is 188. The molecule has 0 radical (unpaired) electrons. The van der Waals surface area contributed by atoms with Crippen molar-refractivity contribution in [1.29, 1.82) is 0 Å². The first kappa shape index (κ1) is 67.9. The van der Waals surface area contributed by atoms with Crippen LogP contribution in [0.3, 0.4) is 0 Å². The fraction of sp³-hybridized carbons (Fsp3) is 0.843. The number of carbonyl (C=O) groups is 2. The van der Waals surface area contributed by atoms with E-state index in [4.69, 9.17) is 66.3 Å². The van der Waals surface area contributed by atoms with Crippen molar-refractivity contribution in [3.8, 4) is 5.75 Å². The molecule has 7 aliphatic rings. The Morgan fingerprint density at radius 2 is 0.694 bits per heavy atom. The van der Waals surface area contributed by atoms with E-state index in [0.717, 1.165) is 12.7 Å². The second-order valence-corrected chi connectivity index (χ2v) is 22.2. The van der Waals surface area contributed by atoms with Gasteiger partial charge in [-0.2, -0.15) is 0 Å². The monoisotopic (exact) mass is 1230 g/mol. The van der Waals surface area contributed by atoms with E-state index in [1.54, 1.807) is 26.0 Å². The fourth-order valence-corrected chi connectivity index (χ4v) is 11.4. The van der Waals surface area contributed by atoms with Gasteiger partial charge in [0.1, 0.15) is 152 Å². The summed E-state index contributed by atoms with van der Waals surface area (Å²) in [7, 11) is 2.30. The first-order valence-corrected chi connectivity index (χ1v) is 27.4. The van der Waals surface area contributed by atoms with E-state index in [9.17, 15) is 96.4 Å². The lowest BCUT2D eigenvalue weighted by Crippen LogP contribution is -2.68. The number of Topliss-reactive ketones (excluding diaryl/α,β-unsaturated/α-hetero) is 1. The summed E-state index contributed by atoms with van der Waals surface area (Å²) >= 11 is 0. The predicted octanol–water partition coefficient (Wildman–Crippen LogP) is -11.1. The van der Waals surface area contributed by atoms with Gasteiger partial charge < -0.3 is 158 Å². The van der Waals surface area contributed by atoms with Gasteiger partial charge in [-0.05, 0) is 24.1 Å². The van der Waals surface area contributed by atoms with Gasteiger partial charge in [0.05, 0.1) is 45.1 Å². The topological polar surface area (TPSA) is 519 Å². The first-order valence-electron chi connectivity index (χ1n) is 27.4. The maximum Gasteiger partial charge on any atom is 0.288 e. The zero-order chi connectivity index (χ0) is 62.1. The van der Waals surface area contributed by atoms with Crippen molar-refractivity contribution < 1.29 is 163 Å². The molecular formula is C51H79NO33. The summed E-state index contributed by atoms with van der Waals surface area (Å²) in [6.07, 6.45) is -53.2. The molecule has 34 nitrogen and oxygen atoms in total. The molecule has 85 heavy (non-hydrogen) atoms. The van der Waals surface area contributed by atoms with Crippen LogP contribution in [0.15, 0.2) is 24.3 Å². The number of hydrogen-bond acceptors (Lipinski definition) is 33. The Morgan fingerprint density at radius 3 is 1.02 bits per heavy atom. The minimum absolute atomic E-state index is 0.165. The normalized spacial score (nSPS) is 46.9. The van der Waals surface area contributed by atoms with Gasteiger partial charge in [0.2, 0.25) is 12.1 Å². The average molecular weight is 1230 g/mol. The van der Waals surface area contributed by atoms with Crippen LogP contribution < -0.4 is 10.1 Å². The molecule has 18 N–H and O–H groups in total. The maximum atomic E-state index is 12.3. The van der Waals surface area contributed by atoms with Crippen LogP contribution in [-0.2, 0) is 77.6 Å². The zero-order valence-corrected chi connectivity index (χ0v) is 46.3. The fourth-order valence-electron chi connectivity index (χ4n) is 11.4. The molecule has 486 valence electrons. The number of benzene rings is 1. The van der Waals surface area contributed by atoms with Crippen LogP contribution in [-0.4, -0.2) is 343 Å². The van der Waals surface area contributed by atoms with Crippen LogP contribution in [0.4, 0.5) is 0 Å². The first-order chi connectivity index (χ1) is 40.4. The summed E-state index contributed by atoms with van der Waals surface area (Å²) in [4.78, 5) is 24.3. The number of ketones is 1. The Hall–Kier alpha value is -3.04. The third-order valence-electron chi connectivity index (χ3n) is 16.5. The number of aliphatic hydroxyl groups excluding tert-OH is 17. The number of ether oxygens (including phenoxy) is 14. The van der Waals surface area contributed by atoms with Crippen molar-refractivity contribution in [2.24, 2.45) is 5.41 Å². The Kier molecular flexibility index (Phi) is 23.0. The zero-order valence-electron chi connectivity index (χ0n) is 46.3. The summed E-state index contributed by atoms with van der Waals surface area (Å²) in [6.45, 7) is -2.09. The van der Waals surface area contributed by atoms with E-state index >= 15 is 0 Å². The van der Waals surface area contributed by atoms with Crippen molar-refractivity contribution in [3.63, 3.8) is 0 Å². The molecule has 7 heterocycles. The number of methoxy groups -OCH3 is 2. The summed E-state index contributed by atoms with van der Waals surface area (Å²) in [6, 6.07) is 5.91. The van der Waals surface area contributed by atoms with Gasteiger partial charge in [0.25, 0.3) is 5.91 Å². The van der Waals surface area contributed by atoms with Gasteiger partial charge in [0, 0.05) is 20.3 Å². The lowest BCUT2D eigenvalue weighted by molar-refractivity contribution is -0.396. The highest BCUT2D eigenvalue weighted by molar-refractivity contribution is 6.40. The van der Waals surface area contributed by atoms with E-state index in [2.05, 4.69) is 5.32 Å². The van der Waals surface area contributed by atoms with Gasteiger partial charge in [0.15, 0.2) is 31.5 Å². The van der Waals surface area contributed by atoms with E-state index in [0.29, 0.717) is 6.42 Å². The number of hydrogen-bond donors (Lipinski definition) is 18. The molecule has 7 saturated heterocycles. The second-order valence-electron chi connectivity index (χ2n) is 22.2. The minimum Gasteiger partial charge on any atom is -0.462 e. The van der Waals surface area contributed by atoms with Crippen molar-refractivity contribution >= 4 is 11.7 Å². The lowest BCUT2D eigenvalue weighted by Gasteiger charge is -2.50. The summed E-state index contributed by atoms with van der Waals surface area (Å²) in [5.41, 5.74) is -0.205. The molecule has 0 bridgehead atoms. The number of nitrogens with one attached hydrogen (secondary N) is 1. The number of carbonyl (C=O) groups excluding carboxylic acids is 2. The average Bonchev–Trinajstić information content (AvgIpc) is 1.98. The van der Waals surface area contributed by atoms with Crippen LogP contribution in [0.1, 0.15) is 19.4 Å². The molecule has 0 aromatic heterocycles. The summed E-state index contributed by atoms with van der Waals surface area (Å²) < 4.78 is 79.7. The summed E-state index contributed by atoms with van der Waals surface area (Å²) in [5.74, 6) is -1.03. The SMILES string of the molecule is COC1C(CO)OC(OC2C(CO)OC(OC3C(CO)OC(OC4C(CO)OC(OC5C(CO)OC(OC6C(CO)OC(Oc7ccc(CC8NC(=O)C(=O)C8(C)C)cc7)C(O)C6O)C(OC)C5O)C(O)C4O)C(O)C3O)C(O)C2O)C(O)C1O. The second kappa shape index (κ2) is 28.8. The number of amides is 1. The number of aliphatic hydroxyl groups is 17. The van der Waals surface area contributed by atoms with Crippen molar-refractivity contribution in [2.45, 2.75) is 211 Å². The van der Waals surface area contributed by atoms with Crippen LogP contribution >= 0.6 is 0 Å². The molecule has 7 aliphatic heterocycles. The molecule has 31 atom stereocenters. The highest BCUT2D eigenvalue weighted by atomic mass is 16.8. The largest absolute Gasteiger partial charge is 0.462 e. The molecule has 0 aliphatic carbocycles. The quantitative estimate of drug-likeness (QED) is 0.0479. The van der Waals surface area contributed by atoms with Gasteiger partial charge in [-0.1, -0.05) is 26.0 Å². The molecule has 1 aromatic carbocycles. The van der Waals surface area contributed by atoms with Gasteiger partial charge in [-0.3, -0.25) is 9.59 Å². The van der Waals surface area contributed by atoms with Crippen LogP contribution in [0, 0.1) is 5.41 Å². The van der Waals surface area contributed by atoms with Crippen molar-refractivity contribution in [1.82, 2.24) is 5.32 Å². The lowest BCUT2D eigenvalue weighted by atomic mass is 9.81. The molecule has 1 aromatic rings.